The highest BCUT2D eigenvalue weighted by atomic mass is 32.2. The molecule has 1 aromatic carbocycles. The molecule has 0 bridgehead atoms. The van der Waals surface area contributed by atoms with Gasteiger partial charge in [0, 0.05) is 17.9 Å². The van der Waals surface area contributed by atoms with Crippen molar-refractivity contribution in [3.8, 4) is 0 Å². The molecule has 1 aromatic rings. The Kier molecular flexibility index (Phi) is 6.74. The first-order valence-corrected chi connectivity index (χ1v) is 7.00. The summed E-state index contributed by atoms with van der Waals surface area (Å²) < 4.78 is 0. The Morgan fingerprint density at radius 2 is 2.00 bits per heavy atom. The molecule has 0 aliphatic rings. The molecule has 2 N–H and O–H groups in total. The van der Waals surface area contributed by atoms with Crippen molar-refractivity contribution in [1.82, 2.24) is 5.32 Å². The molecule has 0 atom stereocenters. The summed E-state index contributed by atoms with van der Waals surface area (Å²) in [6.45, 7) is 1.72. The molecule has 94 valence electrons. The number of aliphatic carboxylic acids is 1. The van der Waals surface area contributed by atoms with Crippen LogP contribution in [0.15, 0.2) is 29.2 Å². The van der Waals surface area contributed by atoms with Gasteiger partial charge in [-0.15, -0.1) is 11.8 Å². The minimum atomic E-state index is -0.711. The third-order valence-corrected chi connectivity index (χ3v) is 3.23. The summed E-state index contributed by atoms with van der Waals surface area (Å²) in [5.41, 5.74) is 1.26. The second kappa shape index (κ2) is 8.14. The van der Waals surface area contributed by atoms with Crippen LogP contribution in [0.2, 0.25) is 0 Å². The molecule has 0 aliphatic heterocycles. The summed E-state index contributed by atoms with van der Waals surface area (Å²) in [6, 6.07) is 8.48. The third-order valence-electron chi connectivity index (χ3n) is 2.48. The van der Waals surface area contributed by atoms with Crippen LogP contribution in [-0.2, 0) is 11.3 Å². The normalized spacial score (nSPS) is 10.4. The van der Waals surface area contributed by atoms with E-state index in [0.29, 0.717) is 0 Å². The minimum absolute atomic E-state index is 0.268. The van der Waals surface area contributed by atoms with Crippen molar-refractivity contribution in [3.63, 3.8) is 0 Å². The van der Waals surface area contributed by atoms with E-state index < -0.39 is 5.97 Å². The molecule has 0 saturated carbocycles. The van der Waals surface area contributed by atoms with Gasteiger partial charge in [-0.1, -0.05) is 12.1 Å². The number of thioether (sulfide) groups is 1. The van der Waals surface area contributed by atoms with E-state index in [4.69, 9.17) is 5.11 Å². The SMILES string of the molecule is CSc1ccc(CNCCCCC(=O)O)cc1. The zero-order valence-electron chi connectivity index (χ0n) is 10.1. The van der Waals surface area contributed by atoms with Gasteiger partial charge in [0.2, 0.25) is 0 Å². The first-order valence-electron chi connectivity index (χ1n) is 5.78. The summed E-state index contributed by atoms with van der Waals surface area (Å²) in [4.78, 5) is 11.6. The molecule has 0 radical (unpaired) electrons. The van der Waals surface area contributed by atoms with Gasteiger partial charge in [-0.25, -0.2) is 0 Å². The minimum Gasteiger partial charge on any atom is -0.481 e. The van der Waals surface area contributed by atoms with Crippen LogP contribution >= 0.6 is 11.8 Å². The summed E-state index contributed by atoms with van der Waals surface area (Å²) in [5.74, 6) is -0.711. The summed E-state index contributed by atoms with van der Waals surface area (Å²) in [5, 5.41) is 11.8. The largest absolute Gasteiger partial charge is 0.481 e. The lowest BCUT2D eigenvalue weighted by molar-refractivity contribution is -0.137. The smallest absolute Gasteiger partial charge is 0.303 e. The van der Waals surface area contributed by atoms with Crippen LogP contribution in [0.1, 0.15) is 24.8 Å². The molecule has 0 aromatic heterocycles. The summed E-state index contributed by atoms with van der Waals surface area (Å²) in [7, 11) is 0. The number of carbonyl (C=O) groups is 1. The van der Waals surface area contributed by atoms with E-state index in [1.807, 2.05) is 0 Å². The predicted octanol–water partition coefficient (Wildman–Crippen LogP) is 2.75. The highest BCUT2D eigenvalue weighted by Gasteiger charge is 1.97. The standard InChI is InChI=1S/C13H19NO2S/c1-17-12-7-5-11(6-8-12)10-14-9-3-2-4-13(15)16/h5-8,14H,2-4,9-10H2,1H3,(H,15,16). The lowest BCUT2D eigenvalue weighted by atomic mass is 10.2. The summed E-state index contributed by atoms with van der Waals surface area (Å²) >= 11 is 1.74. The van der Waals surface area contributed by atoms with Crippen molar-refractivity contribution in [1.29, 1.82) is 0 Å². The monoisotopic (exact) mass is 253 g/mol. The number of nitrogens with one attached hydrogen (secondary N) is 1. The van der Waals surface area contributed by atoms with Crippen molar-refractivity contribution in [2.75, 3.05) is 12.8 Å². The fraction of sp³-hybridized carbons (Fsp3) is 0.462. The van der Waals surface area contributed by atoms with Crippen LogP contribution < -0.4 is 5.32 Å². The molecule has 0 fully saturated rings. The first kappa shape index (κ1) is 14.1. The molecular weight excluding hydrogens is 234 g/mol. The summed E-state index contributed by atoms with van der Waals surface area (Å²) in [6.07, 6.45) is 3.99. The van der Waals surface area contributed by atoms with E-state index in [9.17, 15) is 4.79 Å². The highest BCUT2D eigenvalue weighted by Crippen LogP contribution is 2.14. The Bertz CT molecular complexity index is 338. The fourth-order valence-electron chi connectivity index (χ4n) is 1.50. The van der Waals surface area contributed by atoms with E-state index in [-0.39, 0.29) is 6.42 Å². The Balaban J connectivity index is 2.11. The molecule has 0 amide bonds. The van der Waals surface area contributed by atoms with Crippen molar-refractivity contribution < 1.29 is 9.90 Å². The zero-order valence-corrected chi connectivity index (χ0v) is 10.9. The van der Waals surface area contributed by atoms with Gasteiger partial charge in [-0.05, 0) is 43.3 Å². The molecule has 4 heteroatoms. The maximum Gasteiger partial charge on any atom is 0.303 e. The molecular formula is C13H19NO2S. The van der Waals surface area contributed by atoms with Gasteiger partial charge >= 0.3 is 5.97 Å². The maximum atomic E-state index is 10.3. The number of carboxylic acids is 1. The van der Waals surface area contributed by atoms with E-state index in [2.05, 4.69) is 35.8 Å². The second-order valence-electron chi connectivity index (χ2n) is 3.88. The number of hydrogen-bond donors (Lipinski definition) is 2. The number of rotatable bonds is 8. The van der Waals surface area contributed by atoms with Crippen LogP contribution in [0.3, 0.4) is 0 Å². The molecule has 1 rings (SSSR count). The van der Waals surface area contributed by atoms with Gasteiger partial charge in [0.15, 0.2) is 0 Å². The van der Waals surface area contributed by atoms with Gasteiger partial charge in [0.1, 0.15) is 0 Å². The van der Waals surface area contributed by atoms with Crippen LogP contribution in [-0.4, -0.2) is 23.9 Å². The van der Waals surface area contributed by atoms with Crippen LogP contribution in [0.25, 0.3) is 0 Å². The number of hydrogen-bond acceptors (Lipinski definition) is 3. The topological polar surface area (TPSA) is 49.3 Å². The molecule has 0 saturated heterocycles. The van der Waals surface area contributed by atoms with E-state index in [0.717, 1.165) is 25.9 Å². The fourth-order valence-corrected chi connectivity index (χ4v) is 1.91. The van der Waals surface area contributed by atoms with Crippen molar-refractivity contribution in [2.45, 2.75) is 30.7 Å². The average molecular weight is 253 g/mol. The van der Waals surface area contributed by atoms with Crippen molar-refractivity contribution in [3.05, 3.63) is 29.8 Å². The average Bonchev–Trinajstić information content (AvgIpc) is 2.34. The Morgan fingerprint density at radius 1 is 1.29 bits per heavy atom. The number of unbranched alkanes of at least 4 members (excludes halogenated alkanes) is 1. The van der Waals surface area contributed by atoms with Gasteiger partial charge in [-0.3, -0.25) is 4.79 Å². The molecule has 0 unspecified atom stereocenters. The zero-order chi connectivity index (χ0) is 12.5. The molecule has 17 heavy (non-hydrogen) atoms. The van der Waals surface area contributed by atoms with Gasteiger partial charge in [-0.2, -0.15) is 0 Å². The van der Waals surface area contributed by atoms with E-state index in [1.54, 1.807) is 11.8 Å². The lowest BCUT2D eigenvalue weighted by Gasteiger charge is -2.05. The number of carboxylic acid groups (broad SMARTS) is 1. The molecule has 0 heterocycles. The van der Waals surface area contributed by atoms with Gasteiger partial charge < -0.3 is 10.4 Å². The quantitative estimate of drug-likeness (QED) is 0.552. The number of benzene rings is 1. The van der Waals surface area contributed by atoms with Crippen molar-refractivity contribution in [2.24, 2.45) is 0 Å². The lowest BCUT2D eigenvalue weighted by Crippen LogP contribution is -2.14. The molecule has 0 aliphatic carbocycles. The molecule has 0 spiro atoms. The first-order chi connectivity index (χ1) is 8.22. The highest BCUT2D eigenvalue weighted by molar-refractivity contribution is 7.98. The van der Waals surface area contributed by atoms with Crippen LogP contribution in [0.4, 0.5) is 0 Å². The molecule has 3 nitrogen and oxygen atoms in total. The Hall–Kier alpha value is -1.00. The van der Waals surface area contributed by atoms with Gasteiger partial charge in [0.25, 0.3) is 0 Å². The van der Waals surface area contributed by atoms with Crippen LogP contribution in [0.5, 0.6) is 0 Å². The second-order valence-corrected chi connectivity index (χ2v) is 4.76. The van der Waals surface area contributed by atoms with Gasteiger partial charge in [0.05, 0.1) is 0 Å². The van der Waals surface area contributed by atoms with E-state index >= 15 is 0 Å². The Labute approximate surface area is 107 Å². The van der Waals surface area contributed by atoms with E-state index in [1.165, 1.54) is 10.5 Å². The third kappa shape index (κ3) is 6.34. The van der Waals surface area contributed by atoms with Crippen molar-refractivity contribution >= 4 is 17.7 Å². The Morgan fingerprint density at radius 3 is 2.59 bits per heavy atom. The maximum absolute atomic E-state index is 10.3. The van der Waals surface area contributed by atoms with Crippen LogP contribution in [0, 0.1) is 0 Å². The predicted molar refractivity (Wildman–Crippen MR) is 71.4 cm³/mol.